The van der Waals surface area contributed by atoms with Crippen molar-refractivity contribution in [1.82, 2.24) is 4.98 Å². The number of benzene rings is 3. The van der Waals surface area contributed by atoms with E-state index in [4.69, 9.17) is 10.7 Å². The molecule has 1 heterocycles. The van der Waals surface area contributed by atoms with E-state index in [1.54, 1.807) is 24.3 Å². The first-order valence-corrected chi connectivity index (χ1v) is 10.7. The fourth-order valence-corrected chi connectivity index (χ4v) is 4.26. The van der Waals surface area contributed by atoms with Gasteiger partial charge >= 0.3 is 6.03 Å². The number of hydrogen-bond acceptors (Lipinski definition) is 3. The van der Waals surface area contributed by atoms with Gasteiger partial charge in [-0.3, -0.25) is 4.79 Å². The number of pyridine rings is 1. The maximum Gasteiger partial charge on any atom is 0.316 e. The summed E-state index contributed by atoms with van der Waals surface area (Å²) in [4.78, 5) is 29.4. The molecular weight excluding hydrogens is 412 g/mol. The lowest BCUT2D eigenvalue weighted by Crippen LogP contribution is -2.19. The Labute approximate surface area is 191 Å². The van der Waals surface area contributed by atoms with Gasteiger partial charge in [0, 0.05) is 16.8 Å². The van der Waals surface area contributed by atoms with Crippen LogP contribution < -0.4 is 16.4 Å². The Morgan fingerprint density at radius 1 is 0.818 bits per heavy atom. The smallest absolute Gasteiger partial charge is 0.316 e. The Morgan fingerprint density at radius 3 is 2.21 bits per heavy atom. The van der Waals surface area contributed by atoms with Crippen molar-refractivity contribution in [2.75, 3.05) is 10.6 Å². The van der Waals surface area contributed by atoms with Crippen LogP contribution in [0, 0.1) is 0 Å². The summed E-state index contributed by atoms with van der Waals surface area (Å²) in [6.45, 7) is 0. The van der Waals surface area contributed by atoms with E-state index in [1.807, 2.05) is 42.5 Å². The van der Waals surface area contributed by atoms with Crippen molar-refractivity contribution in [3.05, 3.63) is 101 Å². The summed E-state index contributed by atoms with van der Waals surface area (Å²) in [5.41, 5.74) is 11.9. The molecule has 6 nitrogen and oxygen atoms in total. The number of nitrogens with two attached hydrogens (primary N) is 1. The largest absolute Gasteiger partial charge is 0.351 e. The van der Waals surface area contributed by atoms with E-state index in [9.17, 15) is 9.59 Å². The van der Waals surface area contributed by atoms with Gasteiger partial charge in [-0.25, -0.2) is 9.78 Å². The van der Waals surface area contributed by atoms with Gasteiger partial charge in [0.05, 0.1) is 16.8 Å². The van der Waals surface area contributed by atoms with E-state index >= 15 is 0 Å². The molecule has 33 heavy (non-hydrogen) atoms. The van der Waals surface area contributed by atoms with Crippen molar-refractivity contribution in [3.63, 3.8) is 0 Å². The van der Waals surface area contributed by atoms with Crippen LogP contribution >= 0.6 is 0 Å². The van der Waals surface area contributed by atoms with Gasteiger partial charge < -0.3 is 16.4 Å². The van der Waals surface area contributed by atoms with E-state index in [0.717, 1.165) is 46.1 Å². The van der Waals surface area contributed by atoms with Crippen molar-refractivity contribution in [1.29, 1.82) is 0 Å². The molecule has 0 bridgehead atoms. The number of carbonyl (C=O) groups is 2. The molecule has 0 radical (unpaired) electrons. The minimum atomic E-state index is -0.634. The zero-order valence-corrected chi connectivity index (χ0v) is 17.8. The molecule has 0 saturated carbocycles. The molecule has 162 valence electrons. The number of nitrogens with one attached hydrogen (secondary N) is 2. The monoisotopic (exact) mass is 434 g/mol. The molecule has 5 rings (SSSR count). The quantitative estimate of drug-likeness (QED) is 0.398. The molecule has 1 aliphatic carbocycles. The van der Waals surface area contributed by atoms with Gasteiger partial charge in [0.25, 0.3) is 5.91 Å². The van der Waals surface area contributed by atoms with Crippen LogP contribution in [0.5, 0.6) is 0 Å². The van der Waals surface area contributed by atoms with Gasteiger partial charge in [-0.15, -0.1) is 0 Å². The lowest BCUT2D eigenvalue weighted by atomic mass is 9.99. The van der Waals surface area contributed by atoms with Gasteiger partial charge in [-0.2, -0.15) is 0 Å². The molecule has 0 atom stereocenters. The maximum absolute atomic E-state index is 13.5. The van der Waals surface area contributed by atoms with E-state index < -0.39 is 6.03 Å². The van der Waals surface area contributed by atoms with Crippen molar-refractivity contribution >= 4 is 45.9 Å². The molecule has 0 unspecified atom stereocenters. The minimum absolute atomic E-state index is 0.179. The predicted molar refractivity (Wildman–Crippen MR) is 132 cm³/mol. The van der Waals surface area contributed by atoms with E-state index in [1.165, 1.54) is 0 Å². The third-order valence-corrected chi connectivity index (χ3v) is 5.72. The number of nitrogens with zero attached hydrogens (tertiary/aromatic N) is 1. The van der Waals surface area contributed by atoms with Crippen molar-refractivity contribution < 1.29 is 9.59 Å². The molecule has 0 saturated heterocycles. The lowest BCUT2D eigenvalue weighted by molar-refractivity contribution is 0.102. The second-order valence-electron chi connectivity index (χ2n) is 7.93. The summed E-state index contributed by atoms with van der Waals surface area (Å²) >= 11 is 0. The van der Waals surface area contributed by atoms with Crippen LogP contribution in [-0.4, -0.2) is 16.9 Å². The van der Waals surface area contributed by atoms with Crippen LogP contribution in [0.3, 0.4) is 0 Å². The summed E-state index contributed by atoms with van der Waals surface area (Å²) in [5, 5.41) is 6.34. The number of carbonyl (C=O) groups excluding carboxylic acids is 2. The molecule has 0 aliphatic heterocycles. The lowest BCUT2D eigenvalue weighted by Gasteiger charge is -2.13. The first-order chi connectivity index (χ1) is 16.1. The first kappa shape index (κ1) is 20.5. The van der Waals surface area contributed by atoms with Gasteiger partial charge in [0.2, 0.25) is 0 Å². The highest BCUT2D eigenvalue weighted by atomic mass is 16.2. The number of amides is 3. The number of primary amides is 1. The van der Waals surface area contributed by atoms with Crippen molar-refractivity contribution in [2.45, 2.75) is 12.8 Å². The highest BCUT2D eigenvalue weighted by Gasteiger charge is 2.26. The SMILES string of the molecule is NC(=O)Nc1ccc(NC(=O)c2c3c(nc4ccccc24)/C(=C/c2ccccc2)CC3)cc1. The third-order valence-electron chi connectivity index (χ3n) is 5.72. The van der Waals surface area contributed by atoms with Crippen LogP contribution in [0.4, 0.5) is 16.2 Å². The number of rotatable bonds is 4. The number of fused-ring (bicyclic) bond motifs is 2. The molecule has 0 spiro atoms. The Hall–Kier alpha value is -4.45. The van der Waals surface area contributed by atoms with E-state index in [0.29, 0.717) is 16.9 Å². The molecule has 4 N–H and O–H groups in total. The van der Waals surface area contributed by atoms with Crippen LogP contribution in [0.15, 0.2) is 78.9 Å². The highest BCUT2D eigenvalue weighted by Crippen LogP contribution is 2.37. The average molecular weight is 434 g/mol. The normalized spacial score (nSPS) is 13.6. The zero-order chi connectivity index (χ0) is 22.8. The maximum atomic E-state index is 13.5. The molecule has 6 heteroatoms. The summed E-state index contributed by atoms with van der Waals surface area (Å²) < 4.78 is 0. The topological polar surface area (TPSA) is 97.1 Å². The van der Waals surface area contributed by atoms with Crippen molar-refractivity contribution in [2.24, 2.45) is 5.73 Å². The molecule has 4 aromatic rings. The highest BCUT2D eigenvalue weighted by molar-refractivity contribution is 6.14. The number of anilines is 2. The van der Waals surface area contributed by atoms with Gasteiger partial charge in [0.15, 0.2) is 0 Å². The molecule has 3 aromatic carbocycles. The second kappa shape index (κ2) is 8.59. The minimum Gasteiger partial charge on any atom is -0.351 e. The summed E-state index contributed by atoms with van der Waals surface area (Å²) in [7, 11) is 0. The van der Waals surface area contributed by atoms with Crippen LogP contribution in [0.1, 0.15) is 33.6 Å². The number of hydrogen-bond donors (Lipinski definition) is 3. The van der Waals surface area contributed by atoms with Crippen molar-refractivity contribution in [3.8, 4) is 0 Å². The predicted octanol–water partition coefficient (Wildman–Crippen LogP) is 5.46. The number of allylic oxidation sites excluding steroid dienone is 1. The summed E-state index contributed by atoms with van der Waals surface area (Å²) in [6.07, 6.45) is 3.75. The Bertz CT molecular complexity index is 1390. The molecule has 0 fully saturated rings. The standard InChI is InChI=1S/C27H22N4O2/c28-27(33)30-20-13-11-19(12-14-20)29-26(32)24-21-8-4-5-9-23(21)31-25-18(10-15-22(24)25)16-17-6-2-1-3-7-17/h1-9,11-14,16H,10,15H2,(H,29,32)(H3,28,30,33)/b18-16+. The van der Waals surface area contributed by atoms with Crippen LogP contribution in [0.2, 0.25) is 0 Å². The number of urea groups is 1. The molecular formula is C27H22N4O2. The molecule has 1 aliphatic rings. The fourth-order valence-electron chi connectivity index (χ4n) is 4.26. The zero-order valence-electron chi connectivity index (χ0n) is 17.8. The first-order valence-electron chi connectivity index (χ1n) is 10.7. The van der Waals surface area contributed by atoms with Gasteiger partial charge in [-0.1, -0.05) is 48.5 Å². The second-order valence-corrected chi connectivity index (χ2v) is 7.93. The molecule has 3 amide bonds. The number of para-hydroxylation sites is 1. The Balaban J connectivity index is 1.53. The Kier molecular flexibility index (Phi) is 5.32. The van der Waals surface area contributed by atoms with Gasteiger partial charge in [0.1, 0.15) is 0 Å². The Morgan fingerprint density at radius 2 is 1.48 bits per heavy atom. The summed E-state index contributed by atoms with van der Waals surface area (Å²) in [5.74, 6) is -0.179. The fraction of sp³-hybridized carbons (Fsp3) is 0.0741. The molecule has 1 aromatic heterocycles. The van der Waals surface area contributed by atoms with Crippen LogP contribution in [-0.2, 0) is 6.42 Å². The summed E-state index contributed by atoms with van der Waals surface area (Å²) in [6, 6.07) is 24.1. The van der Waals surface area contributed by atoms with E-state index in [2.05, 4.69) is 28.8 Å². The van der Waals surface area contributed by atoms with Gasteiger partial charge in [-0.05, 0) is 65.9 Å². The van der Waals surface area contributed by atoms with E-state index in [-0.39, 0.29) is 5.91 Å². The average Bonchev–Trinajstić information content (AvgIpc) is 3.21. The number of aromatic nitrogens is 1. The van der Waals surface area contributed by atoms with Crippen LogP contribution in [0.25, 0.3) is 22.6 Å². The third kappa shape index (κ3) is 4.19.